The second kappa shape index (κ2) is 7.92. The molecule has 0 amide bonds. The average Bonchev–Trinajstić information content (AvgIpc) is 2.63. The molecule has 1 atom stereocenters. The minimum atomic E-state index is -0.513. The number of ketones is 1. The van der Waals surface area contributed by atoms with Crippen molar-refractivity contribution in [3.05, 3.63) is 61.4 Å². The number of carbonyl (C=O) groups is 1. The number of rotatable bonds is 5. The monoisotopic (exact) mass is 371 g/mol. The van der Waals surface area contributed by atoms with E-state index >= 15 is 0 Å². The van der Waals surface area contributed by atoms with Gasteiger partial charge in [-0.3, -0.25) is 19.5 Å². The molecule has 1 aromatic carbocycles. The highest BCUT2D eigenvalue weighted by Crippen LogP contribution is 2.28. The van der Waals surface area contributed by atoms with E-state index in [4.69, 9.17) is 4.74 Å². The molecule has 1 aliphatic heterocycles. The lowest BCUT2D eigenvalue weighted by Crippen LogP contribution is -2.40. The Hall–Kier alpha value is -2.67. The summed E-state index contributed by atoms with van der Waals surface area (Å²) in [5, 5.41) is 0. The normalized spacial score (nSPS) is 17.7. The van der Waals surface area contributed by atoms with Crippen molar-refractivity contribution in [2.75, 3.05) is 20.2 Å². The molecule has 7 nitrogen and oxygen atoms in total. The van der Waals surface area contributed by atoms with Gasteiger partial charge in [-0.2, -0.15) is 0 Å². The molecule has 1 unspecified atom stereocenters. The Kier molecular flexibility index (Phi) is 5.60. The lowest BCUT2D eigenvalue weighted by atomic mass is 9.88. The molecule has 27 heavy (non-hydrogen) atoms. The van der Waals surface area contributed by atoms with E-state index in [1.807, 2.05) is 26.0 Å². The lowest BCUT2D eigenvalue weighted by Gasteiger charge is -2.31. The van der Waals surface area contributed by atoms with Crippen LogP contribution in [0.25, 0.3) is 0 Å². The van der Waals surface area contributed by atoms with Crippen LogP contribution in [0.1, 0.15) is 39.9 Å². The van der Waals surface area contributed by atoms with Crippen molar-refractivity contribution < 1.29 is 9.53 Å². The summed E-state index contributed by atoms with van der Waals surface area (Å²) in [6.45, 7) is 5.72. The third kappa shape index (κ3) is 4.19. The Morgan fingerprint density at radius 3 is 2.59 bits per heavy atom. The fraction of sp³-hybridized carbons (Fsp3) is 0.450. The Bertz CT molecular complexity index is 937. The second-order valence-electron chi connectivity index (χ2n) is 7.18. The summed E-state index contributed by atoms with van der Waals surface area (Å²) in [4.78, 5) is 42.9. The first-order valence-electron chi connectivity index (χ1n) is 9.11. The number of carbonyl (C=O) groups excluding carboxylic acids is 1. The maximum absolute atomic E-state index is 13.0. The molecule has 0 aliphatic carbocycles. The summed E-state index contributed by atoms with van der Waals surface area (Å²) >= 11 is 0. The maximum Gasteiger partial charge on any atom is 0.325 e. The van der Waals surface area contributed by atoms with E-state index in [0.29, 0.717) is 24.2 Å². The van der Waals surface area contributed by atoms with Crippen molar-refractivity contribution in [1.29, 1.82) is 0 Å². The number of nitrogens with zero attached hydrogens (tertiary/aromatic N) is 1. The molecule has 2 N–H and O–H groups in total. The number of benzene rings is 1. The van der Waals surface area contributed by atoms with Crippen molar-refractivity contribution in [1.82, 2.24) is 14.9 Å². The van der Waals surface area contributed by atoms with Gasteiger partial charge in [0.05, 0.1) is 7.11 Å². The van der Waals surface area contributed by atoms with Crippen molar-refractivity contribution in [3.8, 4) is 5.75 Å². The first-order chi connectivity index (χ1) is 12.9. The van der Waals surface area contributed by atoms with Crippen LogP contribution in [0.15, 0.2) is 27.9 Å². The van der Waals surface area contributed by atoms with Crippen LogP contribution >= 0.6 is 0 Å². The molecule has 1 aliphatic rings. The van der Waals surface area contributed by atoms with E-state index < -0.39 is 5.69 Å². The van der Waals surface area contributed by atoms with Gasteiger partial charge in [0.25, 0.3) is 5.56 Å². The number of hydrogen-bond acceptors (Lipinski definition) is 5. The molecule has 0 bridgehead atoms. The zero-order valence-electron chi connectivity index (χ0n) is 15.9. The van der Waals surface area contributed by atoms with Crippen LogP contribution in [0.3, 0.4) is 0 Å². The van der Waals surface area contributed by atoms with Gasteiger partial charge in [0.15, 0.2) is 5.78 Å². The first-order valence-corrected chi connectivity index (χ1v) is 9.11. The van der Waals surface area contributed by atoms with E-state index in [-0.39, 0.29) is 17.3 Å². The number of piperidine rings is 1. The van der Waals surface area contributed by atoms with Gasteiger partial charge in [-0.1, -0.05) is 0 Å². The Balaban J connectivity index is 1.75. The number of aryl methyl sites for hydroxylation is 2. The average molecular weight is 371 g/mol. The number of aromatic nitrogens is 2. The number of likely N-dealkylation sites (tertiary alicyclic amines) is 1. The summed E-state index contributed by atoms with van der Waals surface area (Å²) in [5.74, 6) is 0.839. The van der Waals surface area contributed by atoms with Gasteiger partial charge in [0.1, 0.15) is 5.75 Å². The third-order valence-electron chi connectivity index (χ3n) is 5.12. The lowest BCUT2D eigenvalue weighted by molar-refractivity contribution is 0.0811. The van der Waals surface area contributed by atoms with Gasteiger partial charge in [-0.25, -0.2) is 4.79 Å². The number of nitrogens with one attached hydrogen (secondary N) is 2. The molecule has 2 aromatic rings. The predicted molar refractivity (Wildman–Crippen MR) is 102 cm³/mol. The minimum absolute atomic E-state index is 0.104. The Labute approximate surface area is 157 Å². The predicted octanol–water partition coefficient (Wildman–Crippen LogP) is 1.78. The van der Waals surface area contributed by atoms with E-state index in [1.54, 1.807) is 7.11 Å². The molecular formula is C20H25N3O4. The number of Topliss-reactive ketones (excluding diaryl/α,β-unsaturated/α-hetero) is 1. The molecule has 0 spiro atoms. The quantitative estimate of drug-likeness (QED) is 0.781. The molecule has 7 heteroatoms. The van der Waals surface area contributed by atoms with Crippen molar-refractivity contribution in [3.63, 3.8) is 0 Å². The van der Waals surface area contributed by atoms with Crippen LogP contribution in [0.5, 0.6) is 5.75 Å². The summed E-state index contributed by atoms with van der Waals surface area (Å²) in [7, 11) is 1.63. The number of methoxy groups -OCH3 is 1. The summed E-state index contributed by atoms with van der Waals surface area (Å²) in [6.07, 6.45) is 3.18. The van der Waals surface area contributed by atoms with E-state index in [2.05, 4.69) is 14.9 Å². The molecule has 0 radical (unpaired) electrons. The van der Waals surface area contributed by atoms with Crippen LogP contribution in [-0.4, -0.2) is 40.9 Å². The van der Waals surface area contributed by atoms with Crippen LogP contribution in [0.4, 0.5) is 0 Å². The third-order valence-corrected chi connectivity index (χ3v) is 5.12. The summed E-state index contributed by atoms with van der Waals surface area (Å²) in [5.41, 5.74) is 2.22. The fourth-order valence-corrected chi connectivity index (χ4v) is 3.86. The highest BCUT2D eigenvalue weighted by Gasteiger charge is 2.27. The summed E-state index contributed by atoms with van der Waals surface area (Å²) < 4.78 is 5.38. The highest BCUT2D eigenvalue weighted by atomic mass is 16.5. The Morgan fingerprint density at radius 2 is 1.96 bits per heavy atom. The number of hydrogen-bond donors (Lipinski definition) is 2. The van der Waals surface area contributed by atoms with E-state index in [9.17, 15) is 14.4 Å². The smallest absolute Gasteiger partial charge is 0.325 e. The van der Waals surface area contributed by atoms with Crippen LogP contribution < -0.4 is 16.0 Å². The van der Waals surface area contributed by atoms with Gasteiger partial charge < -0.3 is 9.72 Å². The van der Waals surface area contributed by atoms with E-state index in [1.165, 1.54) is 6.20 Å². The zero-order valence-corrected chi connectivity index (χ0v) is 15.9. The van der Waals surface area contributed by atoms with Gasteiger partial charge in [-0.15, -0.1) is 0 Å². The van der Waals surface area contributed by atoms with Crippen LogP contribution in [0.2, 0.25) is 0 Å². The van der Waals surface area contributed by atoms with Gasteiger partial charge >= 0.3 is 5.69 Å². The first kappa shape index (κ1) is 19.1. The molecule has 1 saturated heterocycles. The van der Waals surface area contributed by atoms with Crippen LogP contribution in [0, 0.1) is 19.8 Å². The second-order valence-corrected chi connectivity index (χ2v) is 7.18. The summed E-state index contributed by atoms with van der Waals surface area (Å²) in [6, 6.07) is 3.78. The van der Waals surface area contributed by atoms with Crippen molar-refractivity contribution in [2.24, 2.45) is 5.92 Å². The maximum atomic E-state index is 13.0. The topological polar surface area (TPSA) is 95.3 Å². The van der Waals surface area contributed by atoms with Crippen molar-refractivity contribution in [2.45, 2.75) is 33.2 Å². The molecule has 0 saturated carbocycles. The molecular weight excluding hydrogens is 346 g/mol. The molecule has 3 rings (SSSR count). The highest BCUT2D eigenvalue weighted by molar-refractivity contribution is 5.98. The molecule has 2 heterocycles. The number of H-pyrrole nitrogens is 2. The van der Waals surface area contributed by atoms with Gasteiger partial charge in [0, 0.05) is 36.3 Å². The van der Waals surface area contributed by atoms with Crippen LogP contribution in [-0.2, 0) is 6.54 Å². The fourth-order valence-electron chi connectivity index (χ4n) is 3.86. The van der Waals surface area contributed by atoms with Gasteiger partial charge in [-0.05, 0) is 56.5 Å². The molecule has 1 fully saturated rings. The van der Waals surface area contributed by atoms with E-state index in [0.717, 1.165) is 36.3 Å². The number of ether oxygens (including phenoxy) is 1. The Morgan fingerprint density at radius 1 is 1.26 bits per heavy atom. The van der Waals surface area contributed by atoms with Crippen molar-refractivity contribution >= 4 is 5.78 Å². The SMILES string of the molecule is COc1c(C)cc(C(=O)C2CCCN(Cc3c[nH]c(=O)[nH]c3=O)C2)cc1C. The largest absolute Gasteiger partial charge is 0.496 e. The minimum Gasteiger partial charge on any atom is -0.496 e. The van der Waals surface area contributed by atoms with Gasteiger partial charge in [0.2, 0.25) is 0 Å². The standard InChI is InChI=1S/C20H25N3O4/c1-12-7-15(8-13(2)18(12)27-3)17(24)14-5-4-6-23(10-14)11-16-9-21-20(26)22-19(16)25/h7-9,14H,4-6,10-11H2,1-3H3,(H2,21,22,25,26). The molecule has 144 valence electrons. The number of aromatic amines is 2. The molecule has 1 aromatic heterocycles. The zero-order chi connectivity index (χ0) is 19.6.